The van der Waals surface area contributed by atoms with Crippen molar-refractivity contribution in [3.8, 4) is 11.5 Å². The van der Waals surface area contributed by atoms with Crippen LogP contribution in [-0.2, 0) is 0 Å². The lowest BCUT2D eigenvalue weighted by Gasteiger charge is -2.29. The molecule has 27 heavy (non-hydrogen) atoms. The zero-order chi connectivity index (χ0) is 19.2. The monoisotopic (exact) mass is 366 g/mol. The minimum absolute atomic E-state index is 0.0518. The van der Waals surface area contributed by atoms with Gasteiger partial charge in [-0.1, -0.05) is 69.4 Å². The Bertz CT molecular complexity index is 783. The van der Waals surface area contributed by atoms with E-state index in [0.717, 1.165) is 49.7 Å². The molecule has 0 radical (unpaired) electrons. The van der Waals surface area contributed by atoms with Gasteiger partial charge in [0.05, 0.1) is 18.1 Å². The van der Waals surface area contributed by atoms with Crippen LogP contribution in [0, 0.1) is 5.92 Å². The Labute approximate surface area is 162 Å². The van der Waals surface area contributed by atoms with Crippen LogP contribution in [-0.4, -0.2) is 17.5 Å². The molecule has 3 nitrogen and oxygen atoms in total. The molecule has 0 saturated heterocycles. The van der Waals surface area contributed by atoms with Crippen LogP contribution in [0.5, 0.6) is 11.5 Å². The van der Waals surface area contributed by atoms with Crippen LogP contribution in [0.1, 0.15) is 74.7 Å². The maximum atomic E-state index is 13.4. The fourth-order valence-corrected chi connectivity index (χ4v) is 3.90. The summed E-state index contributed by atoms with van der Waals surface area (Å²) < 4.78 is 5.88. The van der Waals surface area contributed by atoms with Gasteiger partial charge in [0.15, 0.2) is 17.3 Å². The molecule has 2 aliphatic carbocycles. The largest absolute Gasteiger partial charge is 0.504 e. The smallest absolute Gasteiger partial charge is 0.178 e. The molecule has 0 heterocycles. The third-order valence-electron chi connectivity index (χ3n) is 5.37. The lowest BCUT2D eigenvalue weighted by atomic mass is 9.74. The molecule has 0 aromatic heterocycles. The second-order valence-electron chi connectivity index (χ2n) is 7.43. The first kappa shape index (κ1) is 19.5. The van der Waals surface area contributed by atoms with E-state index in [-0.39, 0.29) is 17.5 Å². The summed E-state index contributed by atoms with van der Waals surface area (Å²) in [6.07, 6.45) is 15.7. The first-order valence-electron chi connectivity index (χ1n) is 10.3. The van der Waals surface area contributed by atoms with Gasteiger partial charge in [-0.2, -0.15) is 0 Å². The number of benzene rings is 1. The summed E-state index contributed by atoms with van der Waals surface area (Å²) in [5, 5.41) is 10.3. The van der Waals surface area contributed by atoms with Crippen LogP contribution in [0.15, 0.2) is 41.5 Å². The van der Waals surface area contributed by atoms with Crippen LogP contribution in [0.4, 0.5) is 0 Å². The van der Waals surface area contributed by atoms with E-state index in [4.69, 9.17) is 4.74 Å². The van der Waals surface area contributed by atoms with Crippen molar-refractivity contribution in [3.05, 3.63) is 52.6 Å². The molecule has 1 N–H and O–H groups in total. The number of carbonyl (C=O) groups is 1. The molecule has 0 spiro atoms. The van der Waals surface area contributed by atoms with E-state index < -0.39 is 0 Å². The number of unbranched alkanes of at least 4 members (excludes halogenated alkanes) is 4. The summed E-state index contributed by atoms with van der Waals surface area (Å²) >= 11 is 0. The minimum Gasteiger partial charge on any atom is -0.504 e. The molecule has 0 aliphatic heterocycles. The number of phenolic OH excluding ortho intramolecular Hbond substituents is 1. The van der Waals surface area contributed by atoms with Crippen LogP contribution in [0.3, 0.4) is 0 Å². The van der Waals surface area contributed by atoms with Gasteiger partial charge in [0.25, 0.3) is 0 Å². The van der Waals surface area contributed by atoms with Crippen molar-refractivity contribution >= 4 is 11.9 Å². The van der Waals surface area contributed by atoms with E-state index >= 15 is 0 Å². The minimum atomic E-state index is -0.237. The maximum Gasteiger partial charge on any atom is 0.178 e. The number of Topliss-reactive ketones (excluding diaryl/α,β-unsaturated/α-hetero) is 1. The quantitative estimate of drug-likeness (QED) is 0.527. The average Bonchev–Trinajstić information content (AvgIpc) is 2.67. The molecule has 0 bridgehead atoms. The van der Waals surface area contributed by atoms with Gasteiger partial charge in [-0.25, -0.2) is 0 Å². The van der Waals surface area contributed by atoms with E-state index in [2.05, 4.69) is 26.0 Å². The molecule has 3 rings (SSSR count). The highest BCUT2D eigenvalue weighted by molar-refractivity contribution is 6.10. The fraction of sp³-hybridized carbons (Fsp3) is 0.458. The van der Waals surface area contributed by atoms with Gasteiger partial charge < -0.3 is 9.84 Å². The van der Waals surface area contributed by atoms with Gasteiger partial charge in [-0.3, -0.25) is 4.79 Å². The Morgan fingerprint density at radius 3 is 2.63 bits per heavy atom. The molecule has 0 amide bonds. The summed E-state index contributed by atoms with van der Waals surface area (Å²) in [6, 6.07) is 3.44. The Morgan fingerprint density at radius 1 is 1.07 bits per heavy atom. The SMILES string of the molecule is CCCCCOc1c(O)ccc2c1C(=O)C1C(=C2)C=CC=C1CCCCC. The number of hydrogen-bond donors (Lipinski definition) is 1. The highest BCUT2D eigenvalue weighted by Gasteiger charge is 2.35. The molecule has 2 aliphatic rings. The molecule has 1 atom stereocenters. The molecule has 1 aromatic rings. The third-order valence-corrected chi connectivity index (χ3v) is 5.37. The summed E-state index contributed by atoms with van der Waals surface area (Å²) in [5.41, 5.74) is 3.60. The summed E-state index contributed by atoms with van der Waals surface area (Å²) in [5.74, 6) is 0.222. The van der Waals surface area contributed by atoms with E-state index in [1.165, 1.54) is 12.0 Å². The highest BCUT2D eigenvalue weighted by atomic mass is 16.5. The van der Waals surface area contributed by atoms with Crippen LogP contribution >= 0.6 is 0 Å². The molecular formula is C24H30O3. The Balaban J connectivity index is 1.90. The Kier molecular flexibility index (Phi) is 6.54. The van der Waals surface area contributed by atoms with Crippen molar-refractivity contribution in [2.45, 2.75) is 58.8 Å². The normalized spacial score (nSPS) is 17.9. The molecule has 0 saturated carbocycles. The molecule has 144 valence electrons. The first-order valence-corrected chi connectivity index (χ1v) is 10.3. The van der Waals surface area contributed by atoms with Gasteiger partial charge in [0, 0.05) is 0 Å². The zero-order valence-corrected chi connectivity index (χ0v) is 16.5. The second kappa shape index (κ2) is 9.07. The molecule has 0 fully saturated rings. The van der Waals surface area contributed by atoms with Crippen molar-refractivity contribution in [1.29, 1.82) is 0 Å². The standard InChI is InChI=1S/C24H30O3/c1-3-5-7-10-17-11-9-12-18-16-19-13-14-20(25)24(27-15-8-6-4-2)22(19)23(26)21(17)18/h9,11-14,16,21,25H,3-8,10,15H2,1-2H3. The van der Waals surface area contributed by atoms with Gasteiger partial charge in [-0.15, -0.1) is 0 Å². The van der Waals surface area contributed by atoms with Crippen molar-refractivity contribution in [2.24, 2.45) is 5.92 Å². The number of ketones is 1. The van der Waals surface area contributed by atoms with Crippen LogP contribution in [0.25, 0.3) is 6.08 Å². The summed E-state index contributed by atoms with van der Waals surface area (Å²) in [7, 11) is 0. The molecule has 3 heteroatoms. The first-order chi connectivity index (χ1) is 13.2. The number of aromatic hydroxyl groups is 1. The summed E-state index contributed by atoms with van der Waals surface area (Å²) in [6.45, 7) is 4.85. The van der Waals surface area contributed by atoms with E-state index in [1.807, 2.05) is 18.2 Å². The summed E-state index contributed by atoms with van der Waals surface area (Å²) in [4.78, 5) is 13.4. The van der Waals surface area contributed by atoms with Crippen molar-refractivity contribution in [1.82, 2.24) is 0 Å². The molecular weight excluding hydrogens is 336 g/mol. The Hall–Kier alpha value is -2.29. The highest BCUT2D eigenvalue weighted by Crippen LogP contribution is 2.43. The topological polar surface area (TPSA) is 46.5 Å². The van der Waals surface area contributed by atoms with Crippen LogP contribution in [0.2, 0.25) is 0 Å². The second-order valence-corrected chi connectivity index (χ2v) is 7.43. The number of fused-ring (bicyclic) bond motifs is 2. The lowest BCUT2D eigenvalue weighted by molar-refractivity contribution is 0.0948. The maximum absolute atomic E-state index is 13.4. The predicted octanol–water partition coefficient (Wildman–Crippen LogP) is 6.23. The van der Waals surface area contributed by atoms with Gasteiger partial charge >= 0.3 is 0 Å². The molecule has 1 aromatic carbocycles. The molecule has 1 unspecified atom stereocenters. The van der Waals surface area contributed by atoms with E-state index in [1.54, 1.807) is 6.07 Å². The lowest BCUT2D eigenvalue weighted by Crippen LogP contribution is -2.25. The fourth-order valence-electron chi connectivity index (χ4n) is 3.90. The van der Waals surface area contributed by atoms with Gasteiger partial charge in [-0.05, 0) is 42.5 Å². The average molecular weight is 367 g/mol. The van der Waals surface area contributed by atoms with Gasteiger partial charge in [0.2, 0.25) is 0 Å². The van der Waals surface area contributed by atoms with E-state index in [9.17, 15) is 9.90 Å². The number of carbonyl (C=O) groups excluding carboxylic acids is 1. The number of allylic oxidation sites excluding steroid dienone is 5. The predicted molar refractivity (Wildman–Crippen MR) is 110 cm³/mol. The third kappa shape index (κ3) is 4.18. The van der Waals surface area contributed by atoms with Crippen molar-refractivity contribution < 1.29 is 14.6 Å². The Morgan fingerprint density at radius 2 is 1.85 bits per heavy atom. The van der Waals surface area contributed by atoms with Crippen LogP contribution < -0.4 is 4.74 Å². The van der Waals surface area contributed by atoms with Crippen molar-refractivity contribution in [2.75, 3.05) is 6.61 Å². The number of ether oxygens (including phenoxy) is 1. The van der Waals surface area contributed by atoms with Gasteiger partial charge in [0.1, 0.15) is 0 Å². The number of rotatable bonds is 9. The number of hydrogen-bond acceptors (Lipinski definition) is 3. The number of phenols is 1. The van der Waals surface area contributed by atoms with E-state index in [0.29, 0.717) is 17.9 Å². The van der Waals surface area contributed by atoms with Crippen molar-refractivity contribution in [3.63, 3.8) is 0 Å². The zero-order valence-electron chi connectivity index (χ0n) is 16.5.